The Morgan fingerprint density at radius 2 is 2.20 bits per heavy atom. The summed E-state index contributed by atoms with van der Waals surface area (Å²) >= 11 is 13.5. The Hall–Kier alpha value is -0.950. The van der Waals surface area contributed by atoms with Crippen molar-refractivity contribution in [2.24, 2.45) is 0 Å². The number of rotatable bonds is 8. The smallest absolute Gasteiger partial charge is 0.253 e. The molecule has 2 atom stereocenters. The summed E-state index contributed by atoms with van der Waals surface area (Å²) in [6.45, 7) is 1.20. The van der Waals surface area contributed by atoms with Gasteiger partial charge in [0.15, 0.2) is 0 Å². The largest absolute Gasteiger partial charge is 0.376 e. The van der Waals surface area contributed by atoms with Crippen molar-refractivity contribution in [3.8, 4) is 0 Å². The SMILES string of the molecule is CSCC[C@H](NC(=O)c1ccc(Cl)cc1Cl)C(=O)NC[C@@H]1CCCO1. The fourth-order valence-corrected chi connectivity index (χ4v) is 3.52. The van der Waals surface area contributed by atoms with E-state index in [1.165, 1.54) is 6.07 Å². The van der Waals surface area contributed by atoms with E-state index in [0.717, 1.165) is 25.2 Å². The van der Waals surface area contributed by atoms with Crippen molar-refractivity contribution < 1.29 is 14.3 Å². The first-order valence-electron chi connectivity index (χ1n) is 8.15. The van der Waals surface area contributed by atoms with E-state index in [9.17, 15) is 9.59 Å². The van der Waals surface area contributed by atoms with Gasteiger partial charge < -0.3 is 15.4 Å². The molecule has 0 aromatic heterocycles. The summed E-state index contributed by atoms with van der Waals surface area (Å²) in [5, 5.41) is 6.35. The number of halogens is 2. The standard InChI is InChI=1S/C17H22Cl2N2O3S/c1-25-8-6-15(17(23)20-10-12-3-2-7-24-12)21-16(22)13-5-4-11(18)9-14(13)19/h4-5,9,12,15H,2-3,6-8,10H2,1H3,(H,20,23)(H,21,22)/t12-,15-/m0/s1. The fraction of sp³-hybridized carbons (Fsp3) is 0.529. The van der Waals surface area contributed by atoms with Crippen LogP contribution >= 0.6 is 35.0 Å². The second kappa shape index (κ2) is 10.3. The molecule has 0 unspecified atom stereocenters. The molecule has 25 heavy (non-hydrogen) atoms. The molecule has 0 spiro atoms. The monoisotopic (exact) mass is 404 g/mol. The lowest BCUT2D eigenvalue weighted by molar-refractivity contribution is -0.123. The second-order valence-electron chi connectivity index (χ2n) is 5.81. The van der Waals surface area contributed by atoms with Crippen molar-refractivity contribution in [3.63, 3.8) is 0 Å². The van der Waals surface area contributed by atoms with E-state index in [1.54, 1.807) is 23.9 Å². The molecule has 8 heteroatoms. The Bertz CT molecular complexity index is 610. The fourth-order valence-electron chi connectivity index (χ4n) is 2.56. The van der Waals surface area contributed by atoms with Crippen LogP contribution in [0.1, 0.15) is 29.6 Å². The molecule has 0 saturated carbocycles. The third-order valence-electron chi connectivity index (χ3n) is 3.94. The van der Waals surface area contributed by atoms with E-state index in [0.29, 0.717) is 23.6 Å². The van der Waals surface area contributed by atoms with Crippen LogP contribution in [0, 0.1) is 0 Å². The van der Waals surface area contributed by atoms with E-state index in [-0.39, 0.29) is 22.9 Å². The van der Waals surface area contributed by atoms with Gasteiger partial charge in [-0.3, -0.25) is 9.59 Å². The van der Waals surface area contributed by atoms with Crippen LogP contribution in [0.15, 0.2) is 18.2 Å². The van der Waals surface area contributed by atoms with Crippen molar-refractivity contribution in [3.05, 3.63) is 33.8 Å². The zero-order chi connectivity index (χ0) is 18.2. The number of thioether (sulfide) groups is 1. The maximum Gasteiger partial charge on any atom is 0.253 e. The van der Waals surface area contributed by atoms with E-state index in [1.807, 2.05) is 6.26 Å². The highest BCUT2D eigenvalue weighted by Gasteiger charge is 2.24. The van der Waals surface area contributed by atoms with E-state index >= 15 is 0 Å². The van der Waals surface area contributed by atoms with Gasteiger partial charge in [0, 0.05) is 18.2 Å². The average Bonchev–Trinajstić information content (AvgIpc) is 3.09. The summed E-state index contributed by atoms with van der Waals surface area (Å²) in [5.74, 6) is 0.162. The van der Waals surface area contributed by atoms with Crippen molar-refractivity contribution in [1.29, 1.82) is 0 Å². The zero-order valence-electron chi connectivity index (χ0n) is 14.0. The number of amides is 2. The lowest BCUT2D eigenvalue weighted by Gasteiger charge is -2.20. The van der Waals surface area contributed by atoms with Gasteiger partial charge in [-0.05, 0) is 49.5 Å². The third kappa shape index (κ3) is 6.37. The van der Waals surface area contributed by atoms with Gasteiger partial charge in [-0.15, -0.1) is 0 Å². The summed E-state index contributed by atoms with van der Waals surface area (Å²) < 4.78 is 5.51. The molecule has 1 aromatic rings. The van der Waals surface area contributed by atoms with Gasteiger partial charge in [0.25, 0.3) is 5.91 Å². The molecule has 1 aliphatic heterocycles. The first-order valence-corrected chi connectivity index (χ1v) is 10.3. The van der Waals surface area contributed by atoms with Crippen LogP contribution in [0.25, 0.3) is 0 Å². The van der Waals surface area contributed by atoms with Crippen molar-refractivity contribution in [2.45, 2.75) is 31.4 Å². The Balaban J connectivity index is 1.97. The molecular weight excluding hydrogens is 383 g/mol. The summed E-state index contributed by atoms with van der Waals surface area (Å²) in [4.78, 5) is 24.9. The highest BCUT2D eigenvalue weighted by Crippen LogP contribution is 2.21. The molecule has 0 bridgehead atoms. The average molecular weight is 405 g/mol. The molecule has 0 aliphatic carbocycles. The van der Waals surface area contributed by atoms with Gasteiger partial charge in [-0.25, -0.2) is 0 Å². The van der Waals surface area contributed by atoms with Gasteiger partial charge in [0.1, 0.15) is 6.04 Å². The van der Waals surface area contributed by atoms with Crippen molar-refractivity contribution in [1.82, 2.24) is 10.6 Å². The molecule has 5 nitrogen and oxygen atoms in total. The summed E-state index contributed by atoms with van der Waals surface area (Å²) in [7, 11) is 0. The van der Waals surface area contributed by atoms with Crippen LogP contribution in [0.2, 0.25) is 10.0 Å². The number of carbonyl (C=O) groups is 2. The van der Waals surface area contributed by atoms with Crippen LogP contribution in [-0.4, -0.2) is 49.1 Å². The summed E-state index contributed by atoms with van der Waals surface area (Å²) in [6.07, 6.45) is 4.52. The van der Waals surface area contributed by atoms with Crippen molar-refractivity contribution in [2.75, 3.05) is 25.2 Å². The van der Waals surface area contributed by atoms with Crippen LogP contribution in [0.3, 0.4) is 0 Å². The van der Waals surface area contributed by atoms with Crippen LogP contribution in [0.4, 0.5) is 0 Å². The van der Waals surface area contributed by atoms with Crippen molar-refractivity contribution >= 4 is 46.8 Å². The second-order valence-corrected chi connectivity index (χ2v) is 7.64. The zero-order valence-corrected chi connectivity index (χ0v) is 16.3. The van der Waals surface area contributed by atoms with Gasteiger partial charge in [-0.2, -0.15) is 11.8 Å². The third-order valence-corrected chi connectivity index (χ3v) is 5.13. The molecule has 2 N–H and O–H groups in total. The number of benzene rings is 1. The molecule has 2 rings (SSSR count). The molecule has 1 heterocycles. The maximum absolute atomic E-state index is 12.5. The van der Waals surface area contributed by atoms with Crippen LogP contribution < -0.4 is 10.6 Å². The molecule has 2 amide bonds. The number of hydrogen-bond acceptors (Lipinski definition) is 4. The highest BCUT2D eigenvalue weighted by molar-refractivity contribution is 7.98. The van der Waals surface area contributed by atoms with Gasteiger partial charge in [0.2, 0.25) is 5.91 Å². The number of ether oxygens (including phenoxy) is 1. The van der Waals surface area contributed by atoms with Crippen LogP contribution in [0.5, 0.6) is 0 Å². The Labute approximate surface area is 162 Å². The predicted molar refractivity (Wildman–Crippen MR) is 103 cm³/mol. The molecule has 1 aromatic carbocycles. The lowest BCUT2D eigenvalue weighted by atomic mass is 10.1. The highest BCUT2D eigenvalue weighted by atomic mass is 35.5. The van der Waals surface area contributed by atoms with Crippen LogP contribution in [-0.2, 0) is 9.53 Å². The Kier molecular flexibility index (Phi) is 8.36. The first kappa shape index (κ1) is 20.4. The van der Waals surface area contributed by atoms with E-state index < -0.39 is 6.04 Å². The minimum atomic E-state index is -0.618. The molecular formula is C17H22Cl2N2O3S. The predicted octanol–water partition coefficient (Wildman–Crippen LogP) is 3.14. The number of carbonyl (C=O) groups excluding carboxylic acids is 2. The lowest BCUT2D eigenvalue weighted by Crippen LogP contribution is -2.48. The normalized spacial score (nSPS) is 18.0. The Morgan fingerprint density at radius 1 is 1.40 bits per heavy atom. The molecule has 1 aliphatic rings. The van der Waals surface area contributed by atoms with E-state index in [2.05, 4.69) is 10.6 Å². The van der Waals surface area contributed by atoms with Gasteiger partial charge >= 0.3 is 0 Å². The van der Waals surface area contributed by atoms with Gasteiger partial charge in [0.05, 0.1) is 16.7 Å². The minimum Gasteiger partial charge on any atom is -0.376 e. The first-order chi connectivity index (χ1) is 12.0. The molecule has 1 fully saturated rings. The van der Waals surface area contributed by atoms with Gasteiger partial charge in [-0.1, -0.05) is 23.2 Å². The molecule has 1 saturated heterocycles. The quantitative estimate of drug-likeness (QED) is 0.698. The Morgan fingerprint density at radius 3 is 2.84 bits per heavy atom. The number of nitrogens with one attached hydrogen (secondary N) is 2. The maximum atomic E-state index is 12.5. The van der Waals surface area contributed by atoms with E-state index in [4.69, 9.17) is 27.9 Å². The summed E-state index contributed by atoms with van der Waals surface area (Å²) in [6, 6.07) is 4.03. The number of hydrogen-bond donors (Lipinski definition) is 2. The molecule has 0 radical (unpaired) electrons. The minimum absolute atomic E-state index is 0.0616. The topological polar surface area (TPSA) is 67.4 Å². The molecule has 138 valence electrons. The summed E-state index contributed by atoms with van der Waals surface area (Å²) in [5.41, 5.74) is 0.298.